The Morgan fingerprint density at radius 2 is 1.76 bits per heavy atom. The van der Waals surface area contributed by atoms with Crippen molar-refractivity contribution in [2.24, 2.45) is 5.73 Å². The number of amides is 2. The fourth-order valence-electron chi connectivity index (χ4n) is 4.46. The number of rotatable bonds is 5. The molecule has 1 aliphatic carbocycles. The molecule has 1 aliphatic rings. The lowest BCUT2D eigenvalue weighted by Gasteiger charge is -2.20. The molecular weight excluding hydrogens is 514 g/mol. The Kier molecular flexibility index (Phi) is 6.01. The maximum absolute atomic E-state index is 12.9. The van der Waals surface area contributed by atoms with Gasteiger partial charge in [0.15, 0.2) is 15.5 Å². The normalized spacial score (nSPS) is 12.5. The van der Waals surface area contributed by atoms with Gasteiger partial charge in [0.1, 0.15) is 0 Å². The van der Waals surface area contributed by atoms with Crippen LogP contribution in [0.1, 0.15) is 32.0 Å². The van der Waals surface area contributed by atoms with Crippen LogP contribution >= 0.6 is 11.6 Å². The molecule has 11 heteroatoms. The fraction of sp³-hybridized carbons (Fsp3) is 0.115. The number of carbonyl (C=O) groups is 2. The number of benzene rings is 3. The zero-order chi connectivity index (χ0) is 26.5. The number of carbonyl (C=O) groups excluding carboxylic acids is 2. The van der Waals surface area contributed by atoms with Gasteiger partial charge in [-0.05, 0) is 73.0 Å². The number of hydrogen-bond donors (Lipinski definition) is 3. The highest BCUT2D eigenvalue weighted by Crippen LogP contribution is 2.38. The van der Waals surface area contributed by atoms with Crippen molar-refractivity contribution in [3.05, 3.63) is 88.1 Å². The van der Waals surface area contributed by atoms with Gasteiger partial charge in [-0.2, -0.15) is 5.10 Å². The van der Waals surface area contributed by atoms with E-state index < -0.39 is 21.7 Å². The molecule has 0 radical (unpaired) electrons. The number of aryl methyl sites for hydroxylation is 1. The second-order valence-electron chi connectivity index (χ2n) is 8.78. The first-order valence-corrected chi connectivity index (χ1v) is 13.5. The number of nitrogens with two attached hydrogens (primary N) is 2. The number of hydrogen-bond acceptors (Lipinski definition) is 6. The average molecular weight is 536 g/mol. The Balaban J connectivity index is 1.60. The summed E-state index contributed by atoms with van der Waals surface area (Å²) in [6.45, 7) is 0. The molecule has 0 unspecified atom stereocenters. The Morgan fingerprint density at radius 3 is 2.43 bits per heavy atom. The predicted octanol–water partition coefficient (Wildman–Crippen LogP) is 3.63. The molecule has 1 aromatic heterocycles. The van der Waals surface area contributed by atoms with Crippen LogP contribution in [0.5, 0.6) is 0 Å². The fourth-order valence-corrected chi connectivity index (χ4v) is 5.26. The summed E-state index contributed by atoms with van der Waals surface area (Å²) in [4.78, 5) is 25.3. The molecule has 0 atom stereocenters. The lowest BCUT2D eigenvalue weighted by Crippen LogP contribution is -2.16. The summed E-state index contributed by atoms with van der Waals surface area (Å²) in [6, 6.07) is 16.4. The van der Waals surface area contributed by atoms with Crippen molar-refractivity contribution in [2.75, 3.05) is 17.3 Å². The van der Waals surface area contributed by atoms with Crippen LogP contribution < -0.4 is 16.8 Å². The monoisotopic (exact) mass is 535 g/mol. The van der Waals surface area contributed by atoms with Gasteiger partial charge in [0.2, 0.25) is 0 Å². The molecular formula is C26H22ClN5O4S. The quantitative estimate of drug-likeness (QED) is 0.332. The number of aromatic nitrogens is 2. The number of sulfone groups is 1. The molecule has 0 saturated heterocycles. The highest BCUT2D eigenvalue weighted by Gasteiger charge is 2.28. The van der Waals surface area contributed by atoms with Crippen molar-refractivity contribution >= 4 is 44.6 Å². The predicted molar refractivity (Wildman–Crippen MR) is 142 cm³/mol. The second-order valence-corrected chi connectivity index (χ2v) is 11.2. The molecule has 0 aliphatic heterocycles. The van der Waals surface area contributed by atoms with Crippen LogP contribution in [0.4, 0.5) is 11.4 Å². The zero-order valence-corrected chi connectivity index (χ0v) is 21.2. The molecule has 5 N–H and O–H groups in total. The van der Waals surface area contributed by atoms with E-state index in [9.17, 15) is 18.0 Å². The molecule has 0 bridgehead atoms. The third kappa shape index (κ3) is 4.56. The lowest BCUT2D eigenvalue weighted by atomic mass is 9.88. The van der Waals surface area contributed by atoms with Gasteiger partial charge >= 0.3 is 0 Å². The molecule has 2 amide bonds. The molecule has 0 spiro atoms. The summed E-state index contributed by atoms with van der Waals surface area (Å²) in [5.41, 5.74) is 16.5. The van der Waals surface area contributed by atoms with Gasteiger partial charge in [-0.25, -0.2) is 13.1 Å². The van der Waals surface area contributed by atoms with Gasteiger partial charge in [0, 0.05) is 33.8 Å². The Hall–Kier alpha value is -4.15. The Morgan fingerprint density at radius 1 is 1.03 bits per heavy atom. The second kappa shape index (κ2) is 9.06. The van der Waals surface area contributed by atoms with Crippen LogP contribution in [0.3, 0.4) is 0 Å². The average Bonchev–Trinajstić information content (AvgIpc) is 3.25. The molecule has 5 rings (SSSR count). The minimum Gasteiger partial charge on any atom is -0.398 e. The van der Waals surface area contributed by atoms with Crippen LogP contribution in [-0.2, 0) is 22.7 Å². The summed E-state index contributed by atoms with van der Waals surface area (Å²) >= 11 is 6.04. The van der Waals surface area contributed by atoms with Gasteiger partial charge < -0.3 is 16.8 Å². The van der Waals surface area contributed by atoms with E-state index in [1.165, 1.54) is 18.2 Å². The number of nitrogen functional groups attached to an aromatic ring is 1. The summed E-state index contributed by atoms with van der Waals surface area (Å²) in [7, 11) is -3.38. The molecule has 37 heavy (non-hydrogen) atoms. The highest BCUT2D eigenvalue weighted by molar-refractivity contribution is 7.90. The lowest BCUT2D eigenvalue weighted by molar-refractivity contribution is 0.0992. The van der Waals surface area contributed by atoms with Crippen LogP contribution in [0.25, 0.3) is 16.9 Å². The van der Waals surface area contributed by atoms with E-state index in [4.69, 9.17) is 23.1 Å². The first-order chi connectivity index (χ1) is 17.5. The standard InChI is InChI=1S/C26H22ClN5O4S/c1-37(35,36)18-8-6-17(7-9-18)32-24-19(23(31-32)25(29)33)10-3-14-2-5-16(13-20(14)24)30-26(34)21-12-15(27)4-11-22(21)28/h2,4-9,11-13H,3,10,28H2,1H3,(H2,29,33)(H,30,34). The highest BCUT2D eigenvalue weighted by atomic mass is 35.5. The van der Waals surface area contributed by atoms with Crippen LogP contribution in [0, 0.1) is 0 Å². The first-order valence-electron chi connectivity index (χ1n) is 11.2. The first kappa shape index (κ1) is 24.5. The topological polar surface area (TPSA) is 150 Å². The van der Waals surface area contributed by atoms with E-state index in [1.807, 2.05) is 6.07 Å². The Bertz CT molecular complexity index is 1690. The SMILES string of the molecule is CS(=O)(=O)c1ccc(-n2nc(C(N)=O)c3c2-c2cc(NC(=O)c4cc(Cl)ccc4N)ccc2CC3)cc1. The summed E-state index contributed by atoms with van der Waals surface area (Å²) in [5, 5.41) is 7.73. The number of halogens is 1. The van der Waals surface area contributed by atoms with E-state index in [0.29, 0.717) is 46.2 Å². The number of fused-ring (bicyclic) bond motifs is 3. The van der Waals surface area contributed by atoms with Crippen molar-refractivity contribution in [3.63, 3.8) is 0 Å². The van der Waals surface area contributed by atoms with Gasteiger partial charge in [0.25, 0.3) is 11.8 Å². The van der Waals surface area contributed by atoms with E-state index in [1.54, 1.807) is 41.1 Å². The maximum Gasteiger partial charge on any atom is 0.269 e. The number of primary amides is 1. The van der Waals surface area contributed by atoms with Gasteiger partial charge in [0.05, 0.1) is 21.8 Å². The van der Waals surface area contributed by atoms with Crippen molar-refractivity contribution in [1.29, 1.82) is 0 Å². The molecule has 188 valence electrons. The van der Waals surface area contributed by atoms with Crippen molar-refractivity contribution in [2.45, 2.75) is 17.7 Å². The van der Waals surface area contributed by atoms with E-state index in [2.05, 4.69) is 10.4 Å². The summed E-state index contributed by atoms with van der Waals surface area (Å²) in [6.07, 6.45) is 2.33. The molecule has 4 aromatic rings. The Labute approximate surface area is 218 Å². The van der Waals surface area contributed by atoms with E-state index in [-0.39, 0.29) is 16.2 Å². The van der Waals surface area contributed by atoms with Gasteiger partial charge in [-0.15, -0.1) is 0 Å². The number of anilines is 2. The largest absolute Gasteiger partial charge is 0.398 e. The third-order valence-corrected chi connectivity index (χ3v) is 7.62. The van der Waals surface area contributed by atoms with Crippen molar-refractivity contribution < 1.29 is 18.0 Å². The van der Waals surface area contributed by atoms with E-state index in [0.717, 1.165) is 17.4 Å². The minimum atomic E-state index is -3.38. The molecule has 3 aromatic carbocycles. The third-order valence-electron chi connectivity index (χ3n) is 6.25. The maximum atomic E-state index is 12.9. The van der Waals surface area contributed by atoms with Crippen LogP contribution in [0.2, 0.25) is 5.02 Å². The van der Waals surface area contributed by atoms with Gasteiger partial charge in [-0.1, -0.05) is 17.7 Å². The van der Waals surface area contributed by atoms with Crippen molar-refractivity contribution in [1.82, 2.24) is 9.78 Å². The molecule has 0 saturated carbocycles. The number of nitrogens with zero attached hydrogens (tertiary/aromatic N) is 2. The van der Waals surface area contributed by atoms with Gasteiger partial charge in [-0.3, -0.25) is 9.59 Å². The smallest absolute Gasteiger partial charge is 0.269 e. The summed E-state index contributed by atoms with van der Waals surface area (Å²) in [5.74, 6) is -1.08. The van der Waals surface area contributed by atoms with Crippen LogP contribution in [0.15, 0.2) is 65.6 Å². The van der Waals surface area contributed by atoms with Crippen molar-refractivity contribution in [3.8, 4) is 16.9 Å². The summed E-state index contributed by atoms with van der Waals surface area (Å²) < 4.78 is 25.4. The van der Waals surface area contributed by atoms with E-state index >= 15 is 0 Å². The molecule has 9 nitrogen and oxygen atoms in total. The minimum absolute atomic E-state index is 0.147. The zero-order valence-electron chi connectivity index (χ0n) is 19.7. The molecule has 1 heterocycles. The number of nitrogens with one attached hydrogen (secondary N) is 1. The van der Waals surface area contributed by atoms with Crippen LogP contribution in [-0.4, -0.2) is 36.3 Å². The molecule has 0 fully saturated rings.